The fourth-order valence-corrected chi connectivity index (χ4v) is 2.32. The Bertz CT molecular complexity index is 329. The van der Waals surface area contributed by atoms with Gasteiger partial charge in [-0.2, -0.15) is 0 Å². The molecular formula is C12H19BrN2O. The number of aromatic nitrogens is 1. The Balaban J connectivity index is 2.53. The molecule has 0 fully saturated rings. The van der Waals surface area contributed by atoms with E-state index in [0.717, 1.165) is 24.0 Å². The molecule has 16 heavy (non-hydrogen) atoms. The topological polar surface area (TPSA) is 34.1 Å². The SMILES string of the molecule is COc1cccc(CNC(C)(C)CCBr)n1. The summed E-state index contributed by atoms with van der Waals surface area (Å²) < 4.78 is 5.09. The minimum Gasteiger partial charge on any atom is -0.481 e. The summed E-state index contributed by atoms with van der Waals surface area (Å²) in [5, 5.41) is 4.48. The highest BCUT2D eigenvalue weighted by Crippen LogP contribution is 2.12. The first-order valence-corrected chi connectivity index (χ1v) is 6.50. The highest BCUT2D eigenvalue weighted by Gasteiger charge is 2.15. The Morgan fingerprint density at radius 1 is 1.44 bits per heavy atom. The third-order valence-corrected chi connectivity index (χ3v) is 2.85. The molecule has 0 spiro atoms. The average molecular weight is 287 g/mol. The van der Waals surface area contributed by atoms with E-state index in [2.05, 4.69) is 40.1 Å². The van der Waals surface area contributed by atoms with Gasteiger partial charge in [0.25, 0.3) is 0 Å². The lowest BCUT2D eigenvalue weighted by atomic mass is 10.0. The largest absolute Gasteiger partial charge is 0.481 e. The van der Waals surface area contributed by atoms with Gasteiger partial charge in [0.2, 0.25) is 5.88 Å². The van der Waals surface area contributed by atoms with Crippen molar-refractivity contribution >= 4 is 15.9 Å². The van der Waals surface area contributed by atoms with Crippen LogP contribution in [0.2, 0.25) is 0 Å². The molecule has 1 rings (SSSR count). The molecule has 0 aliphatic carbocycles. The van der Waals surface area contributed by atoms with Gasteiger partial charge in [0.1, 0.15) is 0 Å². The molecule has 0 atom stereocenters. The van der Waals surface area contributed by atoms with E-state index < -0.39 is 0 Å². The van der Waals surface area contributed by atoms with Crippen molar-refractivity contribution in [2.24, 2.45) is 0 Å². The molecular weight excluding hydrogens is 268 g/mol. The maximum atomic E-state index is 5.09. The number of nitrogens with zero attached hydrogens (tertiary/aromatic N) is 1. The molecule has 1 N–H and O–H groups in total. The standard InChI is InChI=1S/C12H19BrN2O/c1-12(2,7-8-13)14-9-10-5-4-6-11(15-10)16-3/h4-6,14H,7-9H2,1-3H3. The van der Waals surface area contributed by atoms with Crippen LogP contribution in [0.1, 0.15) is 26.0 Å². The number of ether oxygens (including phenoxy) is 1. The van der Waals surface area contributed by atoms with Crippen molar-refractivity contribution in [1.82, 2.24) is 10.3 Å². The van der Waals surface area contributed by atoms with E-state index in [-0.39, 0.29) is 5.54 Å². The number of hydrogen-bond donors (Lipinski definition) is 1. The van der Waals surface area contributed by atoms with Gasteiger partial charge in [-0.1, -0.05) is 22.0 Å². The Labute approximate surface area is 106 Å². The number of rotatable bonds is 6. The molecule has 4 heteroatoms. The van der Waals surface area contributed by atoms with Crippen LogP contribution in [0.25, 0.3) is 0 Å². The zero-order chi connectivity index (χ0) is 12.0. The van der Waals surface area contributed by atoms with Crippen LogP contribution in [-0.4, -0.2) is 23.0 Å². The highest BCUT2D eigenvalue weighted by molar-refractivity contribution is 9.09. The number of hydrogen-bond acceptors (Lipinski definition) is 3. The first kappa shape index (κ1) is 13.5. The van der Waals surface area contributed by atoms with Crippen LogP contribution in [0.15, 0.2) is 18.2 Å². The van der Waals surface area contributed by atoms with Gasteiger partial charge in [-0.05, 0) is 26.3 Å². The van der Waals surface area contributed by atoms with Crippen LogP contribution in [0.5, 0.6) is 5.88 Å². The third kappa shape index (κ3) is 4.49. The van der Waals surface area contributed by atoms with E-state index in [4.69, 9.17) is 4.74 Å². The van der Waals surface area contributed by atoms with E-state index in [1.165, 1.54) is 0 Å². The lowest BCUT2D eigenvalue weighted by molar-refractivity contribution is 0.369. The number of halogens is 1. The predicted molar refractivity (Wildman–Crippen MR) is 70.1 cm³/mol. The van der Waals surface area contributed by atoms with Crippen LogP contribution >= 0.6 is 15.9 Å². The zero-order valence-corrected chi connectivity index (χ0v) is 11.7. The summed E-state index contributed by atoms with van der Waals surface area (Å²) in [4.78, 5) is 4.36. The fourth-order valence-electron chi connectivity index (χ4n) is 1.32. The van der Waals surface area contributed by atoms with E-state index in [0.29, 0.717) is 5.88 Å². The summed E-state index contributed by atoms with van der Waals surface area (Å²) >= 11 is 3.46. The second-order valence-electron chi connectivity index (χ2n) is 4.35. The maximum absolute atomic E-state index is 5.09. The van der Waals surface area contributed by atoms with Crippen molar-refractivity contribution < 1.29 is 4.74 Å². The van der Waals surface area contributed by atoms with Crippen molar-refractivity contribution in [3.8, 4) is 5.88 Å². The molecule has 1 aromatic heterocycles. The molecule has 0 aromatic carbocycles. The van der Waals surface area contributed by atoms with Gasteiger partial charge in [0.15, 0.2) is 0 Å². The average Bonchev–Trinajstić information content (AvgIpc) is 2.27. The Morgan fingerprint density at radius 2 is 2.19 bits per heavy atom. The van der Waals surface area contributed by atoms with Crippen molar-refractivity contribution in [3.05, 3.63) is 23.9 Å². The molecule has 0 saturated heterocycles. The number of pyridine rings is 1. The summed E-state index contributed by atoms with van der Waals surface area (Å²) in [6.07, 6.45) is 1.08. The van der Waals surface area contributed by atoms with E-state index in [1.54, 1.807) is 7.11 Å². The minimum atomic E-state index is 0.119. The normalized spacial score (nSPS) is 11.5. The van der Waals surface area contributed by atoms with Crippen LogP contribution < -0.4 is 10.1 Å². The zero-order valence-electron chi connectivity index (χ0n) is 10.1. The van der Waals surface area contributed by atoms with Gasteiger partial charge in [0.05, 0.1) is 12.8 Å². The van der Waals surface area contributed by atoms with Crippen LogP contribution in [0.4, 0.5) is 0 Å². The molecule has 0 unspecified atom stereocenters. The fraction of sp³-hybridized carbons (Fsp3) is 0.583. The summed E-state index contributed by atoms with van der Waals surface area (Å²) in [5.41, 5.74) is 1.12. The smallest absolute Gasteiger partial charge is 0.213 e. The number of nitrogens with one attached hydrogen (secondary N) is 1. The molecule has 0 saturated carbocycles. The van der Waals surface area contributed by atoms with Crippen molar-refractivity contribution in [2.45, 2.75) is 32.4 Å². The molecule has 0 aliphatic rings. The second kappa shape index (κ2) is 6.21. The number of methoxy groups -OCH3 is 1. The van der Waals surface area contributed by atoms with Gasteiger partial charge in [-0.15, -0.1) is 0 Å². The molecule has 0 radical (unpaired) electrons. The quantitative estimate of drug-likeness (QED) is 0.817. The highest BCUT2D eigenvalue weighted by atomic mass is 79.9. The summed E-state index contributed by atoms with van der Waals surface area (Å²) in [7, 11) is 1.63. The summed E-state index contributed by atoms with van der Waals surface area (Å²) in [5.74, 6) is 0.664. The van der Waals surface area contributed by atoms with Gasteiger partial charge >= 0.3 is 0 Å². The van der Waals surface area contributed by atoms with Crippen molar-refractivity contribution in [2.75, 3.05) is 12.4 Å². The number of alkyl halides is 1. The molecule has 0 amide bonds. The van der Waals surface area contributed by atoms with Crippen LogP contribution in [0, 0.1) is 0 Å². The molecule has 0 bridgehead atoms. The maximum Gasteiger partial charge on any atom is 0.213 e. The second-order valence-corrected chi connectivity index (χ2v) is 5.14. The first-order chi connectivity index (χ1) is 7.57. The van der Waals surface area contributed by atoms with Gasteiger partial charge in [-0.3, -0.25) is 0 Å². The minimum absolute atomic E-state index is 0.119. The summed E-state index contributed by atoms with van der Waals surface area (Å²) in [6.45, 7) is 5.14. The lowest BCUT2D eigenvalue weighted by Gasteiger charge is -2.25. The molecule has 0 aliphatic heterocycles. The van der Waals surface area contributed by atoms with E-state index in [1.807, 2.05) is 18.2 Å². The van der Waals surface area contributed by atoms with Crippen molar-refractivity contribution in [3.63, 3.8) is 0 Å². The molecule has 3 nitrogen and oxygen atoms in total. The Kier molecular flexibility index (Phi) is 5.22. The third-order valence-electron chi connectivity index (χ3n) is 2.46. The predicted octanol–water partition coefficient (Wildman–Crippen LogP) is 2.74. The van der Waals surface area contributed by atoms with E-state index in [9.17, 15) is 0 Å². The van der Waals surface area contributed by atoms with Crippen LogP contribution in [-0.2, 0) is 6.54 Å². The molecule has 1 heterocycles. The molecule has 90 valence electrons. The van der Waals surface area contributed by atoms with Crippen LogP contribution in [0.3, 0.4) is 0 Å². The monoisotopic (exact) mass is 286 g/mol. The first-order valence-electron chi connectivity index (χ1n) is 5.38. The van der Waals surface area contributed by atoms with Gasteiger partial charge in [-0.25, -0.2) is 4.98 Å². The van der Waals surface area contributed by atoms with Gasteiger partial charge < -0.3 is 10.1 Å². The van der Waals surface area contributed by atoms with Crippen molar-refractivity contribution in [1.29, 1.82) is 0 Å². The van der Waals surface area contributed by atoms with Gasteiger partial charge in [0, 0.05) is 23.5 Å². The Hall–Kier alpha value is -0.610. The molecule has 1 aromatic rings. The van der Waals surface area contributed by atoms with E-state index >= 15 is 0 Å². The lowest BCUT2D eigenvalue weighted by Crippen LogP contribution is -2.39. The summed E-state index contributed by atoms with van der Waals surface area (Å²) in [6, 6.07) is 5.81. The Morgan fingerprint density at radius 3 is 2.81 bits per heavy atom.